The van der Waals surface area contributed by atoms with Crippen molar-refractivity contribution in [3.05, 3.63) is 60.2 Å². The van der Waals surface area contributed by atoms with E-state index in [1.807, 2.05) is 30.3 Å². The summed E-state index contributed by atoms with van der Waals surface area (Å²) in [5.41, 5.74) is 1.18. The van der Waals surface area contributed by atoms with E-state index in [1.165, 1.54) is 0 Å². The van der Waals surface area contributed by atoms with Crippen molar-refractivity contribution in [2.45, 2.75) is 33.0 Å². The van der Waals surface area contributed by atoms with Crippen molar-refractivity contribution in [3.63, 3.8) is 0 Å². The van der Waals surface area contributed by atoms with Crippen LogP contribution in [0.1, 0.15) is 26.3 Å². The first-order valence-corrected chi connectivity index (χ1v) is 9.10. The second-order valence-corrected chi connectivity index (χ2v) is 7.11. The van der Waals surface area contributed by atoms with Crippen LogP contribution in [-0.4, -0.2) is 30.8 Å². The number of alkyl carbamates (subject to hydrolysis) is 1. The largest absolute Gasteiger partial charge is 0.489 e. The van der Waals surface area contributed by atoms with Gasteiger partial charge in [0.25, 0.3) is 0 Å². The van der Waals surface area contributed by atoms with Crippen LogP contribution in [0.4, 0.5) is 15.3 Å². The number of hydrogen-bond acceptors (Lipinski definition) is 4. The maximum absolute atomic E-state index is 11.9. The second-order valence-electron chi connectivity index (χ2n) is 7.11. The molecule has 0 radical (unpaired) electrons. The van der Waals surface area contributed by atoms with E-state index in [-0.39, 0.29) is 19.1 Å². The first kappa shape index (κ1) is 21.1. The summed E-state index contributed by atoms with van der Waals surface area (Å²) in [5, 5.41) is 7.95. The summed E-state index contributed by atoms with van der Waals surface area (Å²) < 4.78 is 10.8. The fourth-order valence-electron chi connectivity index (χ4n) is 2.21. The topological polar surface area (TPSA) is 88.7 Å². The zero-order chi connectivity index (χ0) is 20.4. The molecule has 0 saturated carbocycles. The Kier molecular flexibility index (Phi) is 7.68. The van der Waals surface area contributed by atoms with Gasteiger partial charge < -0.3 is 25.4 Å². The Balaban J connectivity index is 1.66. The van der Waals surface area contributed by atoms with Crippen LogP contribution in [0, 0.1) is 0 Å². The molecule has 0 fully saturated rings. The van der Waals surface area contributed by atoms with Gasteiger partial charge in [0.05, 0.1) is 0 Å². The van der Waals surface area contributed by atoms with Gasteiger partial charge >= 0.3 is 12.1 Å². The molecule has 7 heteroatoms. The van der Waals surface area contributed by atoms with Gasteiger partial charge in [-0.2, -0.15) is 0 Å². The van der Waals surface area contributed by atoms with Crippen LogP contribution in [0.2, 0.25) is 0 Å². The molecular formula is C21H27N3O4. The number of anilines is 1. The molecule has 0 aliphatic rings. The third-order valence-corrected chi connectivity index (χ3v) is 3.44. The van der Waals surface area contributed by atoms with E-state index in [0.717, 1.165) is 11.3 Å². The Hall–Kier alpha value is -3.22. The van der Waals surface area contributed by atoms with Crippen LogP contribution in [0.3, 0.4) is 0 Å². The van der Waals surface area contributed by atoms with E-state index in [9.17, 15) is 9.59 Å². The maximum atomic E-state index is 11.9. The minimum absolute atomic E-state index is 0.272. The molecule has 0 bridgehead atoms. The summed E-state index contributed by atoms with van der Waals surface area (Å²) in [7, 11) is 0. The van der Waals surface area contributed by atoms with Crippen LogP contribution < -0.4 is 20.7 Å². The van der Waals surface area contributed by atoms with E-state index in [1.54, 1.807) is 45.0 Å². The predicted octanol–water partition coefficient (Wildman–Crippen LogP) is 3.91. The predicted molar refractivity (Wildman–Crippen MR) is 108 cm³/mol. The molecule has 2 rings (SSSR count). The molecule has 3 N–H and O–H groups in total. The quantitative estimate of drug-likeness (QED) is 0.631. The Bertz CT molecular complexity index is 755. The third-order valence-electron chi connectivity index (χ3n) is 3.44. The number of carbonyl (C=O) groups excluding carboxylic acids is 2. The molecule has 0 saturated heterocycles. The molecule has 0 aromatic heterocycles. The summed E-state index contributed by atoms with van der Waals surface area (Å²) in [4.78, 5) is 23.4. The number of hydrogen-bond donors (Lipinski definition) is 3. The molecule has 0 spiro atoms. The van der Waals surface area contributed by atoms with Gasteiger partial charge in [0.2, 0.25) is 0 Å². The van der Waals surface area contributed by atoms with E-state index < -0.39 is 11.7 Å². The normalized spacial score (nSPS) is 10.7. The molecule has 3 amide bonds. The number of amides is 3. The molecule has 0 aliphatic heterocycles. The van der Waals surface area contributed by atoms with Crippen molar-refractivity contribution in [1.29, 1.82) is 0 Å². The van der Waals surface area contributed by atoms with E-state index in [2.05, 4.69) is 16.0 Å². The van der Waals surface area contributed by atoms with Crippen molar-refractivity contribution in [3.8, 4) is 5.75 Å². The average molecular weight is 385 g/mol. The van der Waals surface area contributed by atoms with Gasteiger partial charge in [0.15, 0.2) is 0 Å². The molecule has 0 aliphatic carbocycles. The lowest BCUT2D eigenvalue weighted by Gasteiger charge is -2.19. The van der Waals surface area contributed by atoms with Crippen molar-refractivity contribution in [2.24, 2.45) is 0 Å². The highest BCUT2D eigenvalue weighted by Crippen LogP contribution is 2.17. The standard InChI is InChI=1S/C21H27N3O4/c1-21(2,3)28-20(26)23-14-13-22-19(25)24-17-9-11-18(12-10-17)27-15-16-7-5-4-6-8-16/h4-12H,13-15H2,1-3H3,(H,23,26)(H2,22,24,25). The summed E-state index contributed by atoms with van der Waals surface area (Å²) in [6.07, 6.45) is -0.513. The maximum Gasteiger partial charge on any atom is 0.407 e. The van der Waals surface area contributed by atoms with E-state index in [0.29, 0.717) is 12.3 Å². The lowest BCUT2D eigenvalue weighted by molar-refractivity contribution is 0.0528. The number of nitrogens with one attached hydrogen (secondary N) is 3. The molecule has 28 heavy (non-hydrogen) atoms. The van der Waals surface area contributed by atoms with Crippen LogP contribution in [0.25, 0.3) is 0 Å². The molecule has 2 aromatic rings. The highest BCUT2D eigenvalue weighted by molar-refractivity contribution is 5.89. The monoisotopic (exact) mass is 385 g/mol. The van der Waals surface area contributed by atoms with E-state index >= 15 is 0 Å². The minimum atomic E-state index is -0.550. The Labute approximate surface area is 165 Å². The third kappa shape index (κ3) is 8.44. The summed E-state index contributed by atoms with van der Waals surface area (Å²) in [6, 6.07) is 16.6. The molecule has 0 atom stereocenters. The number of carbonyl (C=O) groups is 2. The van der Waals surface area contributed by atoms with Crippen molar-refractivity contribution in [2.75, 3.05) is 18.4 Å². The van der Waals surface area contributed by atoms with Crippen molar-refractivity contribution in [1.82, 2.24) is 10.6 Å². The zero-order valence-corrected chi connectivity index (χ0v) is 16.5. The summed E-state index contributed by atoms with van der Waals surface area (Å²) >= 11 is 0. The first-order valence-electron chi connectivity index (χ1n) is 9.10. The second kappa shape index (κ2) is 10.2. The Morgan fingerprint density at radius 3 is 2.18 bits per heavy atom. The molecular weight excluding hydrogens is 358 g/mol. The molecule has 7 nitrogen and oxygen atoms in total. The average Bonchev–Trinajstić information content (AvgIpc) is 2.64. The van der Waals surface area contributed by atoms with Gasteiger partial charge in [0.1, 0.15) is 18.0 Å². The Morgan fingerprint density at radius 1 is 0.893 bits per heavy atom. The van der Waals surface area contributed by atoms with Crippen LogP contribution in [0.15, 0.2) is 54.6 Å². The fourth-order valence-corrected chi connectivity index (χ4v) is 2.21. The number of benzene rings is 2. The lowest BCUT2D eigenvalue weighted by atomic mass is 10.2. The van der Waals surface area contributed by atoms with E-state index in [4.69, 9.17) is 9.47 Å². The molecule has 0 unspecified atom stereocenters. The van der Waals surface area contributed by atoms with Gasteiger partial charge in [0, 0.05) is 18.8 Å². The minimum Gasteiger partial charge on any atom is -0.489 e. The fraction of sp³-hybridized carbons (Fsp3) is 0.333. The van der Waals surface area contributed by atoms with Crippen LogP contribution in [0.5, 0.6) is 5.75 Å². The smallest absolute Gasteiger partial charge is 0.407 e. The van der Waals surface area contributed by atoms with Gasteiger partial charge in [-0.05, 0) is 50.6 Å². The first-order chi connectivity index (χ1) is 13.3. The summed E-state index contributed by atoms with van der Waals surface area (Å²) in [6.45, 7) is 6.40. The number of rotatable bonds is 7. The van der Waals surface area contributed by atoms with Crippen molar-refractivity contribution < 1.29 is 19.1 Å². The van der Waals surface area contributed by atoms with Gasteiger partial charge in [-0.3, -0.25) is 0 Å². The van der Waals surface area contributed by atoms with Gasteiger partial charge in [-0.25, -0.2) is 9.59 Å². The zero-order valence-electron chi connectivity index (χ0n) is 16.5. The molecule has 2 aromatic carbocycles. The highest BCUT2D eigenvalue weighted by Gasteiger charge is 2.15. The lowest BCUT2D eigenvalue weighted by Crippen LogP contribution is -2.39. The molecule has 150 valence electrons. The molecule has 0 heterocycles. The summed E-state index contributed by atoms with van der Waals surface area (Å²) in [5.74, 6) is 0.719. The highest BCUT2D eigenvalue weighted by atomic mass is 16.6. The number of ether oxygens (including phenoxy) is 2. The van der Waals surface area contributed by atoms with Crippen molar-refractivity contribution >= 4 is 17.8 Å². The van der Waals surface area contributed by atoms with Gasteiger partial charge in [-0.1, -0.05) is 30.3 Å². The van der Waals surface area contributed by atoms with Crippen LogP contribution >= 0.6 is 0 Å². The van der Waals surface area contributed by atoms with Gasteiger partial charge in [-0.15, -0.1) is 0 Å². The SMILES string of the molecule is CC(C)(C)OC(=O)NCCNC(=O)Nc1ccc(OCc2ccccc2)cc1. The van der Waals surface area contributed by atoms with Crippen LogP contribution in [-0.2, 0) is 11.3 Å². The number of urea groups is 1. The Morgan fingerprint density at radius 2 is 1.54 bits per heavy atom.